The van der Waals surface area contributed by atoms with Crippen LogP contribution in [0.3, 0.4) is 0 Å². The summed E-state index contributed by atoms with van der Waals surface area (Å²) in [5, 5.41) is 0.471. The lowest BCUT2D eigenvalue weighted by Gasteiger charge is -2.02. The van der Waals surface area contributed by atoms with Crippen LogP contribution >= 0.6 is 0 Å². The smallest absolute Gasteiger partial charge is 0.264 e. The highest BCUT2D eigenvalue weighted by molar-refractivity contribution is 5.76. The van der Waals surface area contributed by atoms with Crippen LogP contribution in [0.5, 0.6) is 0 Å². The first-order valence-electron chi connectivity index (χ1n) is 3.70. The highest BCUT2D eigenvalue weighted by Crippen LogP contribution is 2.07. The molecule has 0 aliphatic carbocycles. The molecule has 0 spiro atoms. The molecule has 2 aromatic rings. The molecule has 13 heavy (non-hydrogen) atoms. The van der Waals surface area contributed by atoms with Gasteiger partial charge in [-0.2, -0.15) is 4.98 Å². The average molecular weight is 179 g/mol. The summed E-state index contributed by atoms with van der Waals surface area (Å²) in [4.78, 5) is 15.5. The van der Waals surface area contributed by atoms with Crippen LogP contribution in [-0.2, 0) is 7.05 Å². The van der Waals surface area contributed by atoms with E-state index in [1.165, 1.54) is 9.24 Å². The number of rotatable bonds is 0. The summed E-state index contributed by atoms with van der Waals surface area (Å²) in [7, 11) is 1.57. The second-order valence-corrected chi connectivity index (χ2v) is 2.79. The van der Waals surface area contributed by atoms with E-state index in [2.05, 4.69) is 4.98 Å². The molecule has 0 aliphatic heterocycles. The maximum atomic E-state index is 11.5. The van der Waals surface area contributed by atoms with E-state index < -0.39 is 0 Å². The van der Waals surface area contributed by atoms with Crippen molar-refractivity contribution in [3.63, 3.8) is 0 Å². The minimum absolute atomic E-state index is 0.155. The van der Waals surface area contributed by atoms with Crippen LogP contribution in [0, 0.1) is 0 Å². The Morgan fingerprint density at radius 1 is 1.54 bits per heavy atom. The lowest BCUT2D eigenvalue weighted by molar-refractivity contribution is 0.855. The molecule has 0 unspecified atom stereocenters. The van der Waals surface area contributed by atoms with E-state index in [4.69, 9.17) is 11.6 Å². The molecular formula is C7H9N5O. The van der Waals surface area contributed by atoms with Crippen molar-refractivity contribution >= 4 is 17.0 Å². The van der Waals surface area contributed by atoms with Gasteiger partial charge in [0.2, 0.25) is 5.95 Å². The standard InChI is InChI=1S/C7H9N5O/c1-11-6(13)4-2-3-12(9)5(4)10-7(11)8/h2-3H,9H2,1H3,(H2,8,10). The van der Waals surface area contributed by atoms with Crippen molar-refractivity contribution in [1.29, 1.82) is 0 Å². The summed E-state index contributed by atoms with van der Waals surface area (Å²) in [5.74, 6) is 5.67. The Balaban J connectivity index is 3.05. The lowest BCUT2D eigenvalue weighted by Crippen LogP contribution is -2.22. The molecule has 0 saturated heterocycles. The molecule has 0 saturated carbocycles. The highest BCUT2D eigenvalue weighted by atomic mass is 16.1. The van der Waals surface area contributed by atoms with Crippen LogP contribution in [0.2, 0.25) is 0 Å². The van der Waals surface area contributed by atoms with E-state index in [0.717, 1.165) is 0 Å². The minimum atomic E-state index is -0.188. The third-order valence-electron chi connectivity index (χ3n) is 1.99. The van der Waals surface area contributed by atoms with Gasteiger partial charge in [0.05, 0.1) is 5.39 Å². The SMILES string of the molecule is Cn1c(N)nc2c(ccn2N)c1=O. The summed E-state index contributed by atoms with van der Waals surface area (Å²) in [6.07, 6.45) is 1.57. The molecule has 0 bridgehead atoms. The Morgan fingerprint density at radius 3 is 2.92 bits per heavy atom. The van der Waals surface area contributed by atoms with E-state index in [1.807, 2.05) is 0 Å². The number of aromatic nitrogens is 3. The molecule has 4 N–H and O–H groups in total. The van der Waals surface area contributed by atoms with Gasteiger partial charge in [-0.25, -0.2) is 0 Å². The summed E-state index contributed by atoms with van der Waals surface area (Å²) in [5.41, 5.74) is 5.71. The van der Waals surface area contributed by atoms with Gasteiger partial charge < -0.3 is 11.6 Å². The molecule has 0 amide bonds. The first-order valence-corrected chi connectivity index (χ1v) is 3.70. The largest absolute Gasteiger partial charge is 0.369 e. The molecular weight excluding hydrogens is 170 g/mol. The Labute approximate surface area is 73.4 Å². The Hall–Kier alpha value is -1.98. The lowest BCUT2D eigenvalue weighted by atomic mass is 10.4. The second kappa shape index (κ2) is 2.25. The zero-order valence-corrected chi connectivity index (χ0v) is 7.06. The van der Waals surface area contributed by atoms with Gasteiger partial charge in [-0.1, -0.05) is 0 Å². The van der Waals surface area contributed by atoms with E-state index in [-0.39, 0.29) is 11.5 Å². The summed E-state index contributed by atoms with van der Waals surface area (Å²) >= 11 is 0. The van der Waals surface area contributed by atoms with Crippen molar-refractivity contribution in [2.45, 2.75) is 0 Å². The number of hydrogen-bond acceptors (Lipinski definition) is 4. The quantitative estimate of drug-likeness (QED) is 0.509. The van der Waals surface area contributed by atoms with Crippen molar-refractivity contribution < 1.29 is 0 Å². The zero-order chi connectivity index (χ0) is 9.59. The summed E-state index contributed by atoms with van der Waals surface area (Å²) < 4.78 is 2.55. The normalized spacial score (nSPS) is 10.8. The maximum absolute atomic E-state index is 11.5. The van der Waals surface area contributed by atoms with Crippen LogP contribution in [0.4, 0.5) is 5.95 Å². The predicted molar refractivity (Wildman–Crippen MR) is 49.5 cm³/mol. The number of nitrogen functional groups attached to an aromatic ring is 2. The van der Waals surface area contributed by atoms with Gasteiger partial charge in [0, 0.05) is 13.2 Å². The predicted octanol–water partition coefficient (Wildman–Crippen LogP) is -0.969. The number of fused-ring (bicyclic) bond motifs is 1. The number of anilines is 1. The average Bonchev–Trinajstić information content (AvgIpc) is 2.45. The fourth-order valence-electron chi connectivity index (χ4n) is 1.19. The van der Waals surface area contributed by atoms with Crippen molar-refractivity contribution in [2.75, 3.05) is 11.6 Å². The molecule has 2 rings (SSSR count). The van der Waals surface area contributed by atoms with Crippen molar-refractivity contribution in [2.24, 2.45) is 7.05 Å². The van der Waals surface area contributed by atoms with Crippen LogP contribution in [0.15, 0.2) is 17.1 Å². The third-order valence-corrected chi connectivity index (χ3v) is 1.99. The first kappa shape index (κ1) is 7.66. The Bertz CT molecular complexity index is 523. The van der Waals surface area contributed by atoms with Crippen molar-refractivity contribution in [1.82, 2.24) is 14.2 Å². The number of hydrogen-bond donors (Lipinski definition) is 2. The summed E-state index contributed by atoms with van der Waals surface area (Å²) in [6, 6.07) is 1.62. The third kappa shape index (κ3) is 0.883. The molecule has 68 valence electrons. The van der Waals surface area contributed by atoms with Gasteiger partial charge in [-0.15, -0.1) is 0 Å². The molecule has 0 radical (unpaired) electrons. The number of nitrogens with zero attached hydrogens (tertiary/aromatic N) is 3. The minimum Gasteiger partial charge on any atom is -0.369 e. The molecule has 0 aliphatic rings. The fraction of sp³-hybridized carbons (Fsp3) is 0.143. The molecule has 0 fully saturated rings. The molecule has 2 heterocycles. The van der Waals surface area contributed by atoms with Crippen LogP contribution in [-0.4, -0.2) is 14.2 Å². The topological polar surface area (TPSA) is 91.9 Å². The van der Waals surface area contributed by atoms with Crippen molar-refractivity contribution in [3.8, 4) is 0 Å². The molecule has 0 aromatic carbocycles. The molecule has 2 aromatic heterocycles. The van der Waals surface area contributed by atoms with E-state index in [1.54, 1.807) is 19.3 Å². The monoisotopic (exact) mass is 179 g/mol. The Kier molecular flexibility index (Phi) is 1.33. The van der Waals surface area contributed by atoms with Gasteiger partial charge in [0.25, 0.3) is 5.56 Å². The van der Waals surface area contributed by atoms with E-state index >= 15 is 0 Å². The van der Waals surface area contributed by atoms with Gasteiger partial charge in [0.1, 0.15) is 0 Å². The number of nitrogens with two attached hydrogens (primary N) is 2. The van der Waals surface area contributed by atoms with Gasteiger partial charge in [0.15, 0.2) is 5.65 Å². The highest BCUT2D eigenvalue weighted by Gasteiger charge is 2.07. The second-order valence-electron chi connectivity index (χ2n) is 2.79. The molecule has 6 heteroatoms. The summed E-state index contributed by atoms with van der Waals surface area (Å²) in [6.45, 7) is 0. The fourth-order valence-corrected chi connectivity index (χ4v) is 1.19. The van der Waals surface area contributed by atoms with Crippen molar-refractivity contribution in [3.05, 3.63) is 22.6 Å². The van der Waals surface area contributed by atoms with Crippen LogP contribution < -0.4 is 17.1 Å². The van der Waals surface area contributed by atoms with Gasteiger partial charge in [-0.05, 0) is 6.07 Å². The molecule has 0 atom stereocenters. The van der Waals surface area contributed by atoms with Gasteiger partial charge in [-0.3, -0.25) is 14.0 Å². The first-order chi connectivity index (χ1) is 6.11. The van der Waals surface area contributed by atoms with E-state index in [0.29, 0.717) is 11.0 Å². The van der Waals surface area contributed by atoms with Crippen LogP contribution in [0.25, 0.3) is 11.0 Å². The van der Waals surface area contributed by atoms with Crippen LogP contribution in [0.1, 0.15) is 0 Å². The maximum Gasteiger partial charge on any atom is 0.264 e. The van der Waals surface area contributed by atoms with E-state index in [9.17, 15) is 4.79 Å². The zero-order valence-electron chi connectivity index (χ0n) is 7.06. The Morgan fingerprint density at radius 2 is 2.23 bits per heavy atom. The molecule has 6 nitrogen and oxygen atoms in total. The van der Waals surface area contributed by atoms with Gasteiger partial charge >= 0.3 is 0 Å².